The number of carbonyl (C=O) groups excluding carboxylic acids is 4. The summed E-state index contributed by atoms with van der Waals surface area (Å²) in [6.45, 7) is 1.61. The largest absolute Gasteiger partial charge is 0.359 e. The van der Waals surface area contributed by atoms with Gasteiger partial charge < -0.3 is 42.5 Å². The molecule has 0 spiro atoms. The normalized spacial score (nSPS) is 22.5. The highest BCUT2D eigenvalue weighted by atomic mass is 32.1. The van der Waals surface area contributed by atoms with Gasteiger partial charge in [0.15, 0.2) is 10.2 Å². The summed E-state index contributed by atoms with van der Waals surface area (Å²) in [5, 5.41) is 26.5. The minimum Gasteiger partial charge on any atom is -0.359 e. The number of fused-ring (bicyclic) bond motifs is 10. The summed E-state index contributed by atoms with van der Waals surface area (Å²) < 4.78 is 0. The molecular formula is C46H52N8O4S2. The first-order valence-corrected chi connectivity index (χ1v) is 21.6. The van der Waals surface area contributed by atoms with Gasteiger partial charge in [-0.15, -0.1) is 0 Å². The summed E-state index contributed by atoms with van der Waals surface area (Å²) in [5.41, 5.74) is 5.64. The lowest BCUT2D eigenvalue weighted by Crippen LogP contribution is -2.53. The predicted molar refractivity (Wildman–Crippen MR) is 240 cm³/mol. The van der Waals surface area contributed by atoms with Crippen LogP contribution in [0.3, 0.4) is 0 Å². The van der Waals surface area contributed by atoms with Crippen LogP contribution in [0.15, 0.2) is 97.1 Å². The Morgan fingerprint density at radius 1 is 0.367 bits per heavy atom. The second kappa shape index (κ2) is 20.4. The number of benzene rings is 4. The van der Waals surface area contributed by atoms with Crippen molar-refractivity contribution in [2.24, 2.45) is 0 Å². The number of rotatable bonds is 0. The molecule has 4 amide bonds. The highest BCUT2D eigenvalue weighted by molar-refractivity contribution is 7.80. The molecule has 2 aliphatic carbocycles. The lowest BCUT2D eigenvalue weighted by atomic mass is 9.89. The van der Waals surface area contributed by atoms with Crippen LogP contribution < -0.4 is 42.5 Å². The van der Waals surface area contributed by atoms with Crippen molar-refractivity contribution >= 4 is 58.3 Å². The molecule has 1 aliphatic heterocycles. The number of carbonyl (C=O) groups is 4. The molecule has 8 N–H and O–H groups in total. The maximum atomic E-state index is 13.5. The Morgan fingerprint density at radius 2 is 0.600 bits per heavy atom. The van der Waals surface area contributed by atoms with Crippen molar-refractivity contribution in [3.05, 3.63) is 142 Å². The molecule has 4 aromatic carbocycles. The van der Waals surface area contributed by atoms with E-state index in [9.17, 15) is 19.2 Å². The van der Waals surface area contributed by atoms with Crippen LogP contribution in [0.5, 0.6) is 0 Å². The highest BCUT2D eigenvalue weighted by Crippen LogP contribution is 2.22. The van der Waals surface area contributed by atoms with E-state index in [1.54, 1.807) is 24.3 Å². The van der Waals surface area contributed by atoms with Crippen molar-refractivity contribution in [2.45, 2.75) is 102 Å². The summed E-state index contributed by atoms with van der Waals surface area (Å²) >= 11 is 11.2. The lowest BCUT2D eigenvalue weighted by molar-refractivity contribution is 0.0862. The van der Waals surface area contributed by atoms with E-state index in [1.165, 1.54) is 0 Å². The molecule has 0 saturated heterocycles. The fraction of sp³-hybridized carbons (Fsp3) is 0.348. The summed E-state index contributed by atoms with van der Waals surface area (Å²) in [5.74, 6) is -0.782. The van der Waals surface area contributed by atoms with Gasteiger partial charge in [0.2, 0.25) is 0 Å². The standard InChI is InChI=1S/C46H52N8O4S2/c55-41-33-13-5-9-29(21-33)25-47-45(59)49-27-31-11-7-15-35(23-31)43(57)53-39-19-3-4-20-40(39)54-44(58)36-16-8-12-32(24-36)28-50-46(60)48-26-30-10-6-14-34(22-30)42(56)52-38-18-2-1-17-37(38)51-41/h5-16,21-24,37-40H,1-4,17-20,25-28H2,(H,51,55)(H,52,56)(H,53,57)(H,54,58)(H2,47,49,59)(H2,48,50,60)/t37-,38-,39-,40-/m0/s1. The third kappa shape index (κ3) is 11.7. The van der Waals surface area contributed by atoms with E-state index in [2.05, 4.69) is 42.5 Å². The molecule has 2 saturated carbocycles. The fourth-order valence-electron chi connectivity index (χ4n) is 8.10. The maximum Gasteiger partial charge on any atom is 0.251 e. The Kier molecular flexibility index (Phi) is 14.4. The van der Waals surface area contributed by atoms with E-state index in [0.717, 1.165) is 73.6 Å². The molecule has 7 rings (SSSR count). The summed E-state index contributed by atoms with van der Waals surface area (Å²) in [7, 11) is 0. The third-order valence-electron chi connectivity index (χ3n) is 11.4. The van der Waals surface area contributed by atoms with E-state index >= 15 is 0 Å². The molecule has 12 nitrogen and oxygen atoms in total. The minimum absolute atomic E-state index is 0.195. The van der Waals surface area contributed by atoms with Crippen molar-refractivity contribution in [3.8, 4) is 0 Å². The molecule has 0 radical (unpaired) electrons. The monoisotopic (exact) mass is 844 g/mol. The zero-order valence-electron chi connectivity index (χ0n) is 33.5. The van der Waals surface area contributed by atoms with Gasteiger partial charge in [-0.05, 0) is 121 Å². The van der Waals surface area contributed by atoms with Crippen LogP contribution in [0.25, 0.3) is 0 Å². The van der Waals surface area contributed by atoms with Gasteiger partial charge in [0.1, 0.15) is 0 Å². The molecule has 60 heavy (non-hydrogen) atoms. The van der Waals surface area contributed by atoms with E-state index in [0.29, 0.717) is 58.7 Å². The zero-order chi connectivity index (χ0) is 41.8. The first-order chi connectivity index (χ1) is 29.2. The Hall–Kier alpha value is -5.86. The Morgan fingerprint density at radius 3 is 0.833 bits per heavy atom. The van der Waals surface area contributed by atoms with Crippen LogP contribution in [0, 0.1) is 0 Å². The van der Waals surface area contributed by atoms with Gasteiger partial charge in [-0.1, -0.05) is 74.2 Å². The van der Waals surface area contributed by atoms with E-state index in [-0.39, 0.29) is 47.8 Å². The Balaban J connectivity index is 1.07. The number of thiocarbonyl (C=S) groups is 2. The molecule has 312 valence electrons. The summed E-state index contributed by atoms with van der Waals surface area (Å²) in [6, 6.07) is 28.8. The topological polar surface area (TPSA) is 165 Å². The van der Waals surface area contributed by atoms with Crippen LogP contribution in [0.4, 0.5) is 0 Å². The average molecular weight is 845 g/mol. The smallest absolute Gasteiger partial charge is 0.251 e. The fourth-order valence-corrected chi connectivity index (χ4v) is 8.39. The van der Waals surface area contributed by atoms with Crippen LogP contribution in [0.2, 0.25) is 0 Å². The molecule has 0 unspecified atom stereocenters. The molecule has 4 aromatic rings. The maximum absolute atomic E-state index is 13.5. The van der Waals surface area contributed by atoms with Crippen LogP contribution in [-0.4, -0.2) is 58.0 Å². The molecule has 2 fully saturated rings. The van der Waals surface area contributed by atoms with Crippen LogP contribution >= 0.6 is 24.4 Å². The van der Waals surface area contributed by atoms with Crippen LogP contribution in [0.1, 0.15) is 115 Å². The van der Waals surface area contributed by atoms with Crippen molar-refractivity contribution in [2.75, 3.05) is 0 Å². The van der Waals surface area contributed by atoms with Gasteiger partial charge >= 0.3 is 0 Å². The quantitative estimate of drug-likeness (QED) is 0.110. The van der Waals surface area contributed by atoms with Crippen molar-refractivity contribution in [1.29, 1.82) is 0 Å². The average Bonchev–Trinajstić information content (AvgIpc) is 3.27. The number of nitrogens with one attached hydrogen (secondary N) is 8. The summed E-state index contributed by atoms with van der Waals surface area (Å²) in [4.78, 5) is 54.2. The van der Waals surface area contributed by atoms with Crippen molar-refractivity contribution in [1.82, 2.24) is 42.5 Å². The van der Waals surface area contributed by atoms with Crippen molar-refractivity contribution < 1.29 is 19.2 Å². The number of hydrogen-bond donors (Lipinski definition) is 8. The van der Waals surface area contributed by atoms with Gasteiger partial charge in [-0.2, -0.15) is 0 Å². The molecule has 8 bridgehead atoms. The van der Waals surface area contributed by atoms with E-state index in [1.807, 2.05) is 72.8 Å². The molecular weight excluding hydrogens is 793 g/mol. The summed E-state index contributed by atoms with van der Waals surface area (Å²) in [6.07, 6.45) is 6.88. The Bertz CT molecular complexity index is 1930. The molecule has 14 heteroatoms. The molecule has 3 aliphatic rings. The Labute approximate surface area is 361 Å². The lowest BCUT2D eigenvalue weighted by Gasteiger charge is -2.33. The second-order valence-electron chi connectivity index (χ2n) is 15.8. The van der Waals surface area contributed by atoms with Crippen LogP contribution in [-0.2, 0) is 26.2 Å². The SMILES string of the molecule is O=C1N[C@H]2CCCC[C@@H]2NC(=O)c2cccc(c2)CNC(=S)NCc2cccc(c2)C(=O)N[C@H]2CCCC[C@@H]2NC(=O)c2cccc(c2)CNC(=S)NCc2cccc1c2. The molecule has 0 aromatic heterocycles. The van der Waals surface area contributed by atoms with Gasteiger partial charge in [-0.25, -0.2) is 0 Å². The van der Waals surface area contributed by atoms with E-state index in [4.69, 9.17) is 24.4 Å². The van der Waals surface area contributed by atoms with Crippen molar-refractivity contribution in [3.63, 3.8) is 0 Å². The van der Waals surface area contributed by atoms with Gasteiger partial charge in [0.05, 0.1) is 0 Å². The zero-order valence-corrected chi connectivity index (χ0v) is 35.1. The minimum atomic E-state index is -0.214. The van der Waals surface area contributed by atoms with Gasteiger partial charge in [0, 0.05) is 72.6 Å². The van der Waals surface area contributed by atoms with Gasteiger partial charge in [0.25, 0.3) is 23.6 Å². The first kappa shape index (κ1) is 42.3. The molecule has 1 heterocycles. The number of hydrogen-bond acceptors (Lipinski definition) is 6. The van der Waals surface area contributed by atoms with E-state index < -0.39 is 0 Å². The van der Waals surface area contributed by atoms with Gasteiger partial charge in [-0.3, -0.25) is 19.2 Å². The predicted octanol–water partition coefficient (Wildman–Crippen LogP) is 5.27. The first-order valence-electron chi connectivity index (χ1n) is 20.8. The highest BCUT2D eigenvalue weighted by Gasteiger charge is 2.30. The second-order valence-corrected chi connectivity index (χ2v) is 16.6. The number of amides is 4. The third-order valence-corrected chi connectivity index (χ3v) is 11.9. The molecule has 4 atom stereocenters.